The quantitative estimate of drug-likeness (QED) is 0.811. The number of nitriles is 1. The first kappa shape index (κ1) is 15.0. The third-order valence-corrected chi connectivity index (χ3v) is 5.49. The van der Waals surface area contributed by atoms with Gasteiger partial charge in [0.1, 0.15) is 22.0 Å². The molecule has 0 aliphatic carbocycles. The van der Waals surface area contributed by atoms with E-state index in [1.807, 2.05) is 6.92 Å². The van der Waals surface area contributed by atoms with Gasteiger partial charge in [0.2, 0.25) is 0 Å². The van der Waals surface area contributed by atoms with Crippen molar-refractivity contribution < 1.29 is 0 Å². The fraction of sp³-hybridized carbons (Fsp3) is 0.562. The Labute approximate surface area is 133 Å². The van der Waals surface area contributed by atoms with Gasteiger partial charge in [-0.25, -0.2) is 4.98 Å². The Morgan fingerprint density at radius 1 is 1.36 bits per heavy atom. The molecule has 0 saturated carbocycles. The predicted octanol–water partition coefficient (Wildman–Crippen LogP) is 2.80. The summed E-state index contributed by atoms with van der Waals surface area (Å²) < 4.78 is 1.56. The van der Waals surface area contributed by atoms with Gasteiger partial charge in [0.15, 0.2) is 0 Å². The van der Waals surface area contributed by atoms with Crippen LogP contribution < -0.4 is 10.5 Å². The molecule has 1 fully saturated rings. The van der Waals surface area contributed by atoms with Crippen molar-refractivity contribution in [3.8, 4) is 6.07 Å². The van der Waals surface area contributed by atoms with Gasteiger partial charge in [0, 0.05) is 20.1 Å². The zero-order valence-electron chi connectivity index (χ0n) is 13.2. The predicted molar refractivity (Wildman–Crippen MR) is 89.5 cm³/mol. The van der Waals surface area contributed by atoms with E-state index < -0.39 is 0 Å². The Hall–Kier alpha value is -1.87. The molecule has 1 unspecified atom stereocenters. The standard InChI is InChI=1S/C16H20N4OS/c1-10-5-4-7-20(8-6-10)14-12(9-17)15(21)19(3)16-13(14)18-11(2)22-16/h10H,4-8H2,1-3H3. The lowest BCUT2D eigenvalue weighted by Gasteiger charge is -2.24. The smallest absolute Gasteiger partial charge is 0.271 e. The van der Waals surface area contributed by atoms with E-state index >= 15 is 0 Å². The summed E-state index contributed by atoms with van der Waals surface area (Å²) in [6, 6.07) is 2.12. The maximum atomic E-state index is 12.5. The normalized spacial score (nSPS) is 19.2. The van der Waals surface area contributed by atoms with Crippen LogP contribution >= 0.6 is 11.3 Å². The summed E-state index contributed by atoms with van der Waals surface area (Å²) in [7, 11) is 1.72. The first-order valence-electron chi connectivity index (χ1n) is 7.68. The van der Waals surface area contributed by atoms with Crippen molar-refractivity contribution in [2.24, 2.45) is 13.0 Å². The Morgan fingerprint density at radius 2 is 2.14 bits per heavy atom. The lowest BCUT2D eigenvalue weighted by Crippen LogP contribution is -2.30. The average molecular weight is 316 g/mol. The maximum absolute atomic E-state index is 12.5. The number of aryl methyl sites for hydroxylation is 2. The third kappa shape index (κ3) is 2.40. The van der Waals surface area contributed by atoms with Gasteiger partial charge in [0.05, 0.1) is 10.7 Å². The zero-order chi connectivity index (χ0) is 15.9. The number of anilines is 1. The van der Waals surface area contributed by atoms with Crippen LogP contribution in [0.2, 0.25) is 0 Å². The first-order chi connectivity index (χ1) is 10.5. The van der Waals surface area contributed by atoms with Crippen LogP contribution in [-0.4, -0.2) is 22.6 Å². The van der Waals surface area contributed by atoms with Gasteiger partial charge < -0.3 is 9.47 Å². The number of nitrogens with zero attached hydrogens (tertiary/aromatic N) is 4. The summed E-state index contributed by atoms with van der Waals surface area (Å²) in [5, 5.41) is 10.4. The van der Waals surface area contributed by atoms with E-state index in [4.69, 9.17) is 0 Å². The molecule has 0 bridgehead atoms. The van der Waals surface area contributed by atoms with Crippen molar-refractivity contribution in [3.05, 3.63) is 20.9 Å². The Morgan fingerprint density at radius 3 is 2.86 bits per heavy atom. The highest BCUT2D eigenvalue weighted by Gasteiger charge is 2.24. The van der Waals surface area contributed by atoms with Crippen LogP contribution in [0.3, 0.4) is 0 Å². The molecule has 1 saturated heterocycles. The average Bonchev–Trinajstić information content (AvgIpc) is 2.75. The van der Waals surface area contributed by atoms with Gasteiger partial charge in [-0.1, -0.05) is 6.92 Å². The van der Waals surface area contributed by atoms with Crippen LogP contribution in [0.15, 0.2) is 4.79 Å². The van der Waals surface area contributed by atoms with Gasteiger partial charge in [-0.05, 0) is 32.1 Å². The fourth-order valence-corrected chi connectivity index (χ4v) is 4.05. The van der Waals surface area contributed by atoms with E-state index in [1.54, 1.807) is 11.6 Å². The number of fused-ring (bicyclic) bond motifs is 1. The molecular weight excluding hydrogens is 296 g/mol. The Balaban J connectivity index is 2.25. The van der Waals surface area contributed by atoms with Gasteiger partial charge >= 0.3 is 0 Å². The monoisotopic (exact) mass is 316 g/mol. The van der Waals surface area contributed by atoms with Gasteiger partial charge in [-0.3, -0.25) is 4.79 Å². The third-order valence-electron chi connectivity index (χ3n) is 4.45. The topological polar surface area (TPSA) is 61.9 Å². The molecule has 2 aromatic rings. The highest BCUT2D eigenvalue weighted by atomic mass is 32.1. The van der Waals surface area contributed by atoms with E-state index in [0.717, 1.165) is 47.0 Å². The second-order valence-electron chi connectivity index (χ2n) is 6.11. The number of pyridine rings is 1. The van der Waals surface area contributed by atoms with Crippen LogP contribution in [0.5, 0.6) is 0 Å². The number of rotatable bonds is 1. The van der Waals surface area contributed by atoms with Crippen LogP contribution in [0.4, 0.5) is 5.69 Å². The molecule has 5 nitrogen and oxygen atoms in total. The van der Waals surface area contributed by atoms with E-state index in [1.165, 1.54) is 17.8 Å². The van der Waals surface area contributed by atoms with Crippen molar-refractivity contribution in [3.63, 3.8) is 0 Å². The lowest BCUT2D eigenvalue weighted by atomic mass is 10.0. The summed E-state index contributed by atoms with van der Waals surface area (Å²) in [5.41, 5.74) is 1.57. The molecule has 0 aromatic carbocycles. The second-order valence-corrected chi connectivity index (χ2v) is 7.29. The van der Waals surface area contributed by atoms with E-state index in [9.17, 15) is 10.1 Å². The molecule has 1 aliphatic heterocycles. The molecule has 116 valence electrons. The summed E-state index contributed by atoms with van der Waals surface area (Å²) in [6.07, 6.45) is 3.37. The lowest BCUT2D eigenvalue weighted by molar-refractivity contribution is 0.521. The molecule has 22 heavy (non-hydrogen) atoms. The van der Waals surface area contributed by atoms with E-state index in [2.05, 4.69) is 22.9 Å². The molecule has 0 spiro atoms. The summed E-state index contributed by atoms with van der Waals surface area (Å²) in [4.78, 5) is 20.2. The molecular formula is C16H20N4OS. The van der Waals surface area contributed by atoms with Crippen molar-refractivity contribution >= 4 is 27.4 Å². The van der Waals surface area contributed by atoms with Crippen LogP contribution in [0, 0.1) is 24.2 Å². The second kappa shape index (κ2) is 5.73. The number of hydrogen-bond donors (Lipinski definition) is 0. The first-order valence-corrected chi connectivity index (χ1v) is 8.49. The van der Waals surface area contributed by atoms with Crippen LogP contribution in [0.1, 0.15) is 36.8 Å². The maximum Gasteiger partial charge on any atom is 0.271 e. The molecule has 0 radical (unpaired) electrons. The van der Waals surface area contributed by atoms with Gasteiger partial charge in [-0.2, -0.15) is 5.26 Å². The number of thiazole rings is 1. The minimum Gasteiger partial charge on any atom is -0.368 e. The van der Waals surface area contributed by atoms with Crippen molar-refractivity contribution in [2.75, 3.05) is 18.0 Å². The van der Waals surface area contributed by atoms with Gasteiger partial charge in [0.25, 0.3) is 5.56 Å². The van der Waals surface area contributed by atoms with Crippen LogP contribution in [0.25, 0.3) is 10.3 Å². The summed E-state index contributed by atoms with van der Waals surface area (Å²) in [5.74, 6) is 0.690. The zero-order valence-corrected chi connectivity index (χ0v) is 14.0. The largest absolute Gasteiger partial charge is 0.368 e. The van der Waals surface area contributed by atoms with Crippen molar-refractivity contribution in [1.29, 1.82) is 5.26 Å². The highest BCUT2D eigenvalue weighted by Crippen LogP contribution is 2.33. The molecule has 0 amide bonds. The van der Waals surface area contributed by atoms with E-state index in [-0.39, 0.29) is 11.1 Å². The Bertz CT molecular complexity index is 814. The molecule has 1 atom stereocenters. The molecule has 6 heteroatoms. The number of hydrogen-bond acceptors (Lipinski definition) is 5. The SMILES string of the molecule is Cc1nc2c(N3CCCC(C)CC3)c(C#N)c(=O)n(C)c2s1. The van der Waals surface area contributed by atoms with E-state index in [0.29, 0.717) is 5.92 Å². The summed E-state index contributed by atoms with van der Waals surface area (Å²) >= 11 is 1.51. The minimum atomic E-state index is -0.217. The number of aromatic nitrogens is 2. The minimum absolute atomic E-state index is 0.217. The molecule has 3 heterocycles. The van der Waals surface area contributed by atoms with Crippen molar-refractivity contribution in [2.45, 2.75) is 33.1 Å². The molecule has 3 rings (SSSR count). The molecule has 1 aliphatic rings. The van der Waals surface area contributed by atoms with Crippen LogP contribution in [-0.2, 0) is 7.05 Å². The van der Waals surface area contributed by atoms with Crippen molar-refractivity contribution in [1.82, 2.24) is 9.55 Å². The van der Waals surface area contributed by atoms with Gasteiger partial charge in [-0.15, -0.1) is 11.3 Å². The Kier molecular flexibility index (Phi) is 3.92. The fourth-order valence-electron chi connectivity index (χ4n) is 3.17. The highest BCUT2D eigenvalue weighted by molar-refractivity contribution is 7.18. The molecule has 0 N–H and O–H groups in total. The summed E-state index contributed by atoms with van der Waals surface area (Å²) in [6.45, 7) is 5.98. The molecule has 2 aromatic heterocycles.